The third-order valence-electron chi connectivity index (χ3n) is 5.35. The van der Waals surface area contributed by atoms with Gasteiger partial charge in [0.1, 0.15) is 12.4 Å². The summed E-state index contributed by atoms with van der Waals surface area (Å²) in [5.41, 5.74) is 0.570. The number of hydrogen-bond acceptors (Lipinski definition) is 3. The molecule has 0 bridgehead atoms. The van der Waals surface area contributed by atoms with Gasteiger partial charge >= 0.3 is 0 Å². The number of halogens is 2. The van der Waals surface area contributed by atoms with Gasteiger partial charge in [0, 0.05) is 45.1 Å². The Morgan fingerprint density at radius 2 is 2.07 bits per heavy atom. The molecule has 1 aliphatic heterocycles. The van der Waals surface area contributed by atoms with Crippen molar-refractivity contribution in [2.75, 3.05) is 46.9 Å². The van der Waals surface area contributed by atoms with Crippen LogP contribution in [0.3, 0.4) is 0 Å². The van der Waals surface area contributed by atoms with Crippen LogP contribution in [0.15, 0.2) is 29.3 Å². The molecule has 1 aliphatic carbocycles. The molecule has 6 nitrogen and oxygen atoms in total. The lowest BCUT2D eigenvalue weighted by Gasteiger charge is -2.21. The molecule has 28 heavy (non-hydrogen) atoms. The van der Waals surface area contributed by atoms with E-state index < -0.39 is 0 Å². The normalized spacial score (nSPS) is 20.2. The zero-order valence-electron chi connectivity index (χ0n) is 16.5. The van der Waals surface area contributed by atoms with Crippen LogP contribution in [0.25, 0.3) is 0 Å². The average molecular weight is 504 g/mol. The molecular formula is C20H30FIN4O2. The van der Waals surface area contributed by atoms with Crippen LogP contribution in [-0.2, 0) is 14.9 Å². The van der Waals surface area contributed by atoms with Crippen LogP contribution in [0.4, 0.5) is 4.39 Å². The SMILES string of the molecule is CN(C)C(=O)CN=C(NCC1CCOC1)NCC1(c2ccccc2F)CC1.I. The van der Waals surface area contributed by atoms with E-state index in [-0.39, 0.29) is 47.7 Å². The number of rotatable bonds is 7. The van der Waals surface area contributed by atoms with Crippen molar-refractivity contribution in [2.45, 2.75) is 24.7 Å². The van der Waals surface area contributed by atoms with E-state index in [0.717, 1.165) is 44.6 Å². The van der Waals surface area contributed by atoms with Crippen LogP contribution in [0, 0.1) is 11.7 Å². The highest BCUT2D eigenvalue weighted by atomic mass is 127. The Bertz CT molecular complexity index is 689. The van der Waals surface area contributed by atoms with E-state index >= 15 is 0 Å². The summed E-state index contributed by atoms with van der Waals surface area (Å²) in [5.74, 6) is 0.826. The van der Waals surface area contributed by atoms with E-state index in [1.807, 2.05) is 12.1 Å². The Labute approximate surface area is 183 Å². The van der Waals surface area contributed by atoms with Crippen LogP contribution >= 0.6 is 24.0 Å². The predicted molar refractivity (Wildman–Crippen MR) is 119 cm³/mol. The van der Waals surface area contributed by atoms with Gasteiger partial charge in [0.15, 0.2) is 5.96 Å². The maximum atomic E-state index is 14.2. The number of nitrogens with zero attached hydrogens (tertiary/aromatic N) is 2. The van der Waals surface area contributed by atoms with Crippen molar-refractivity contribution >= 4 is 35.8 Å². The Morgan fingerprint density at radius 1 is 1.32 bits per heavy atom. The minimum atomic E-state index is -0.185. The second kappa shape index (κ2) is 10.4. The zero-order valence-corrected chi connectivity index (χ0v) is 18.9. The number of carbonyl (C=O) groups is 1. The van der Waals surface area contributed by atoms with Gasteiger partial charge in [0.25, 0.3) is 0 Å². The van der Waals surface area contributed by atoms with Crippen LogP contribution in [-0.4, -0.2) is 63.7 Å². The van der Waals surface area contributed by atoms with E-state index in [0.29, 0.717) is 18.4 Å². The highest BCUT2D eigenvalue weighted by Gasteiger charge is 2.45. The number of likely N-dealkylation sites (N-methyl/N-ethyl adjacent to an activating group) is 1. The van der Waals surface area contributed by atoms with Gasteiger partial charge in [-0.15, -0.1) is 24.0 Å². The standard InChI is InChI=1S/C20H29FN4O2.HI/c1-25(2)18(26)12-23-19(22-11-15-7-10-27-13-15)24-14-20(8-9-20)16-5-3-4-6-17(16)21;/h3-6,15H,7-14H2,1-2H3,(H2,22,23,24);1H. The van der Waals surface area contributed by atoms with Gasteiger partial charge in [-0.3, -0.25) is 4.79 Å². The molecule has 156 valence electrons. The molecule has 1 saturated heterocycles. The highest BCUT2D eigenvalue weighted by molar-refractivity contribution is 14.0. The van der Waals surface area contributed by atoms with Gasteiger partial charge < -0.3 is 20.3 Å². The molecule has 0 aromatic heterocycles. The fourth-order valence-corrected chi connectivity index (χ4v) is 3.28. The molecule has 0 spiro atoms. The van der Waals surface area contributed by atoms with Crippen LogP contribution in [0.1, 0.15) is 24.8 Å². The van der Waals surface area contributed by atoms with Crippen molar-refractivity contribution < 1.29 is 13.9 Å². The minimum Gasteiger partial charge on any atom is -0.381 e. The van der Waals surface area contributed by atoms with Crippen molar-refractivity contribution in [3.8, 4) is 0 Å². The molecule has 2 aliphatic rings. The molecule has 1 heterocycles. The molecule has 1 aromatic rings. The molecule has 2 N–H and O–H groups in total. The van der Waals surface area contributed by atoms with E-state index in [2.05, 4.69) is 15.6 Å². The van der Waals surface area contributed by atoms with Crippen molar-refractivity contribution in [3.05, 3.63) is 35.6 Å². The number of guanidine groups is 1. The second-order valence-corrected chi connectivity index (χ2v) is 7.68. The van der Waals surface area contributed by atoms with Crippen LogP contribution in [0.2, 0.25) is 0 Å². The molecule has 1 aromatic carbocycles. The molecular weight excluding hydrogens is 474 g/mol. The lowest BCUT2D eigenvalue weighted by atomic mass is 9.95. The molecule has 8 heteroatoms. The van der Waals surface area contributed by atoms with Crippen LogP contribution < -0.4 is 10.6 Å². The average Bonchev–Trinajstić information content (AvgIpc) is 3.25. The summed E-state index contributed by atoms with van der Waals surface area (Å²) in [7, 11) is 3.43. The Morgan fingerprint density at radius 3 is 2.68 bits per heavy atom. The summed E-state index contributed by atoms with van der Waals surface area (Å²) in [6.07, 6.45) is 2.92. The Hall–Kier alpha value is -1.42. The smallest absolute Gasteiger partial charge is 0.243 e. The number of benzene rings is 1. The van der Waals surface area contributed by atoms with Crippen LogP contribution in [0.5, 0.6) is 0 Å². The maximum absolute atomic E-state index is 14.2. The lowest BCUT2D eigenvalue weighted by Crippen LogP contribution is -2.44. The zero-order chi connectivity index (χ0) is 19.3. The molecule has 0 radical (unpaired) electrons. The number of aliphatic imine (C=N–C) groups is 1. The fraction of sp³-hybridized carbons (Fsp3) is 0.600. The topological polar surface area (TPSA) is 66.0 Å². The summed E-state index contributed by atoms with van der Waals surface area (Å²) in [6.45, 7) is 2.96. The van der Waals surface area contributed by atoms with E-state index in [9.17, 15) is 9.18 Å². The highest BCUT2D eigenvalue weighted by Crippen LogP contribution is 2.48. The first-order valence-electron chi connectivity index (χ1n) is 9.55. The van der Waals surface area contributed by atoms with Gasteiger partial charge in [-0.1, -0.05) is 18.2 Å². The number of hydrogen-bond donors (Lipinski definition) is 2. The van der Waals surface area contributed by atoms with Gasteiger partial charge in [0.05, 0.1) is 6.61 Å². The van der Waals surface area contributed by atoms with Gasteiger partial charge in [-0.05, 0) is 30.9 Å². The number of carbonyl (C=O) groups excluding carboxylic acids is 1. The Balaban J connectivity index is 0.00000280. The molecule has 1 unspecified atom stereocenters. The minimum absolute atomic E-state index is 0. The monoisotopic (exact) mass is 504 g/mol. The van der Waals surface area contributed by atoms with Gasteiger partial charge in [-0.2, -0.15) is 0 Å². The molecule has 1 amide bonds. The lowest BCUT2D eigenvalue weighted by molar-refractivity contribution is -0.127. The first-order valence-corrected chi connectivity index (χ1v) is 9.55. The fourth-order valence-electron chi connectivity index (χ4n) is 3.28. The third kappa shape index (κ3) is 6.04. The van der Waals surface area contributed by atoms with Gasteiger partial charge in [0.2, 0.25) is 5.91 Å². The predicted octanol–water partition coefficient (Wildman–Crippen LogP) is 2.14. The maximum Gasteiger partial charge on any atom is 0.243 e. The van der Waals surface area contributed by atoms with Crippen molar-refractivity contribution in [1.29, 1.82) is 0 Å². The van der Waals surface area contributed by atoms with Gasteiger partial charge in [-0.25, -0.2) is 9.38 Å². The van der Waals surface area contributed by atoms with E-state index in [1.54, 1.807) is 20.2 Å². The van der Waals surface area contributed by atoms with Crippen molar-refractivity contribution in [2.24, 2.45) is 10.9 Å². The molecule has 1 saturated carbocycles. The summed E-state index contributed by atoms with van der Waals surface area (Å²) in [5, 5.41) is 6.64. The van der Waals surface area contributed by atoms with E-state index in [4.69, 9.17) is 4.74 Å². The number of ether oxygens (including phenoxy) is 1. The first kappa shape index (κ1) is 22.9. The second-order valence-electron chi connectivity index (χ2n) is 7.68. The quantitative estimate of drug-likeness (QED) is 0.340. The molecule has 1 atom stereocenters. The van der Waals surface area contributed by atoms with Crippen molar-refractivity contribution in [1.82, 2.24) is 15.5 Å². The summed E-state index contributed by atoms with van der Waals surface area (Å²) in [6, 6.07) is 6.97. The number of nitrogens with one attached hydrogen (secondary N) is 2. The molecule has 2 fully saturated rings. The summed E-state index contributed by atoms with van der Waals surface area (Å²) in [4.78, 5) is 17.8. The Kier molecular flexibility index (Phi) is 8.48. The van der Waals surface area contributed by atoms with Crippen molar-refractivity contribution in [3.63, 3.8) is 0 Å². The number of amides is 1. The third-order valence-corrected chi connectivity index (χ3v) is 5.35. The largest absolute Gasteiger partial charge is 0.381 e. The summed E-state index contributed by atoms with van der Waals surface area (Å²) < 4.78 is 19.6. The first-order chi connectivity index (χ1) is 13.0. The van der Waals surface area contributed by atoms with E-state index in [1.165, 1.54) is 11.0 Å². The summed E-state index contributed by atoms with van der Waals surface area (Å²) >= 11 is 0. The molecule has 3 rings (SSSR count).